The van der Waals surface area contributed by atoms with Crippen molar-refractivity contribution < 1.29 is 14.7 Å². The van der Waals surface area contributed by atoms with E-state index in [2.05, 4.69) is 4.90 Å². The third-order valence-corrected chi connectivity index (χ3v) is 7.02. The summed E-state index contributed by atoms with van der Waals surface area (Å²) in [4.78, 5) is 46.0. The minimum atomic E-state index is -0.914. The number of thioether (sulfide) groups is 1. The Hall–Kier alpha value is -2.72. The lowest BCUT2D eigenvalue weighted by molar-refractivity contribution is -0.137. The van der Waals surface area contributed by atoms with Gasteiger partial charge in [-0.2, -0.15) is 0 Å². The van der Waals surface area contributed by atoms with Crippen LogP contribution in [0.3, 0.4) is 0 Å². The third-order valence-electron chi connectivity index (χ3n) is 5.64. The van der Waals surface area contributed by atoms with Gasteiger partial charge in [-0.05, 0) is 50.3 Å². The van der Waals surface area contributed by atoms with Crippen molar-refractivity contribution in [2.75, 3.05) is 24.5 Å². The van der Waals surface area contributed by atoms with Crippen LogP contribution in [0.2, 0.25) is 0 Å². The number of anilines is 1. The van der Waals surface area contributed by atoms with E-state index in [9.17, 15) is 14.4 Å². The molecule has 2 aliphatic heterocycles. The lowest BCUT2D eigenvalue weighted by Crippen LogP contribution is -2.34. The number of nitrogens with zero attached hydrogens (tertiary/aromatic N) is 4. The van der Waals surface area contributed by atoms with Crippen molar-refractivity contribution in [2.45, 2.75) is 39.0 Å². The van der Waals surface area contributed by atoms with E-state index in [4.69, 9.17) is 22.3 Å². The van der Waals surface area contributed by atoms with Gasteiger partial charge in [0.1, 0.15) is 15.8 Å². The number of hydrogen-bond donors (Lipinski definition) is 1. The molecule has 0 spiro atoms. The number of rotatable bonds is 6. The van der Waals surface area contributed by atoms with Crippen molar-refractivity contribution in [3.63, 3.8) is 0 Å². The molecule has 8 nitrogen and oxygen atoms in total. The molecule has 0 unspecified atom stereocenters. The van der Waals surface area contributed by atoms with E-state index in [1.807, 2.05) is 13.0 Å². The molecule has 0 aliphatic carbocycles. The van der Waals surface area contributed by atoms with Gasteiger partial charge in [-0.15, -0.1) is 0 Å². The van der Waals surface area contributed by atoms with Crippen LogP contribution in [-0.4, -0.2) is 55.2 Å². The molecule has 0 aromatic carbocycles. The molecule has 4 heterocycles. The molecule has 2 fully saturated rings. The second kappa shape index (κ2) is 9.41. The Morgan fingerprint density at radius 1 is 1.28 bits per heavy atom. The molecule has 10 heteroatoms. The zero-order chi connectivity index (χ0) is 22.8. The number of aliphatic carboxylic acids is 1. The topological polar surface area (TPSA) is 95.2 Å². The van der Waals surface area contributed by atoms with Crippen LogP contribution in [0.25, 0.3) is 11.7 Å². The van der Waals surface area contributed by atoms with Gasteiger partial charge >= 0.3 is 5.97 Å². The molecule has 0 saturated carbocycles. The monoisotopic (exact) mass is 472 g/mol. The van der Waals surface area contributed by atoms with Crippen LogP contribution in [0.1, 0.15) is 43.2 Å². The van der Waals surface area contributed by atoms with E-state index in [0.29, 0.717) is 32.7 Å². The van der Waals surface area contributed by atoms with Crippen LogP contribution in [0.15, 0.2) is 28.0 Å². The van der Waals surface area contributed by atoms with Gasteiger partial charge in [0.05, 0.1) is 10.5 Å². The molecular weight excluding hydrogens is 448 g/mol. The first-order valence-corrected chi connectivity index (χ1v) is 11.8. The van der Waals surface area contributed by atoms with E-state index < -0.39 is 5.97 Å². The fraction of sp³-hybridized carbons (Fsp3) is 0.409. The van der Waals surface area contributed by atoms with Gasteiger partial charge in [0, 0.05) is 32.3 Å². The van der Waals surface area contributed by atoms with Crippen molar-refractivity contribution in [1.29, 1.82) is 0 Å². The highest BCUT2D eigenvalue weighted by molar-refractivity contribution is 8.26. The molecule has 1 amide bonds. The second-order valence-electron chi connectivity index (χ2n) is 7.92. The van der Waals surface area contributed by atoms with Gasteiger partial charge in [-0.3, -0.25) is 23.7 Å². The summed E-state index contributed by atoms with van der Waals surface area (Å²) in [6, 6.07) is 3.72. The molecule has 0 bridgehead atoms. The summed E-state index contributed by atoms with van der Waals surface area (Å²) >= 11 is 6.48. The van der Waals surface area contributed by atoms with Crippen molar-refractivity contribution in [3.8, 4) is 0 Å². The standard InChI is InChI=1S/C22H24N4O4S2/c1-14-7-5-11-25-18(14)23-19(24-9-3-2-4-10-24)15(20(25)29)13-16-21(30)26(22(31)32-16)12-6-8-17(27)28/h5,7,11,13H,2-4,6,8-10,12H2,1H3,(H,27,28)/b16-13-. The predicted octanol–water partition coefficient (Wildman–Crippen LogP) is 3.06. The first kappa shape index (κ1) is 22.5. The average Bonchev–Trinajstić information content (AvgIpc) is 3.04. The lowest BCUT2D eigenvalue weighted by Gasteiger charge is -2.29. The minimum absolute atomic E-state index is 0.0372. The molecule has 1 N–H and O–H groups in total. The third kappa shape index (κ3) is 4.42. The zero-order valence-corrected chi connectivity index (χ0v) is 19.4. The summed E-state index contributed by atoms with van der Waals surface area (Å²) in [5, 5.41) is 8.86. The first-order chi connectivity index (χ1) is 15.4. The molecule has 4 rings (SSSR count). The molecule has 168 valence electrons. The number of carboxylic acids is 1. The van der Waals surface area contributed by atoms with Crippen molar-refractivity contribution in [1.82, 2.24) is 14.3 Å². The van der Waals surface area contributed by atoms with E-state index in [1.54, 1.807) is 18.3 Å². The number of carbonyl (C=O) groups is 2. The fourth-order valence-electron chi connectivity index (χ4n) is 3.99. The van der Waals surface area contributed by atoms with E-state index >= 15 is 0 Å². The Labute approximate surface area is 194 Å². The highest BCUT2D eigenvalue weighted by Gasteiger charge is 2.33. The number of carboxylic acid groups (broad SMARTS) is 1. The summed E-state index contributed by atoms with van der Waals surface area (Å²) < 4.78 is 1.89. The Balaban J connectivity index is 1.76. The Morgan fingerprint density at radius 3 is 2.75 bits per heavy atom. The summed E-state index contributed by atoms with van der Waals surface area (Å²) in [5.41, 5.74) is 1.66. The van der Waals surface area contributed by atoms with Gasteiger partial charge < -0.3 is 10.0 Å². The van der Waals surface area contributed by atoms with Crippen LogP contribution < -0.4 is 10.5 Å². The molecule has 2 aromatic rings. The molecule has 0 atom stereocenters. The number of aryl methyl sites for hydroxylation is 1. The highest BCUT2D eigenvalue weighted by atomic mass is 32.2. The zero-order valence-electron chi connectivity index (χ0n) is 17.7. The Kier molecular flexibility index (Phi) is 6.61. The summed E-state index contributed by atoms with van der Waals surface area (Å²) in [6.45, 7) is 3.78. The van der Waals surface area contributed by atoms with Gasteiger partial charge in [0.2, 0.25) is 0 Å². The van der Waals surface area contributed by atoms with Gasteiger partial charge in [-0.25, -0.2) is 4.98 Å². The van der Waals surface area contributed by atoms with Gasteiger partial charge in [0.25, 0.3) is 11.5 Å². The molecule has 2 aliphatic rings. The Bertz CT molecular complexity index is 1180. The molecule has 2 saturated heterocycles. The highest BCUT2D eigenvalue weighted by Crippen LogP contribution is 2.34. The summed E-state index contributed by atoms with van der Waals surface area (Å²) in [6.07, 6.45) is 6.76. The quantitative estimate of drug-likeness (QED) is 0.506. The number of aromatic nitrogens is 2. The van der Waals surface area contributed by atoms with Crippen LogP contribution in [-0.2, 0) is 9.59 Å². The van der Waals surface area contributed by atoms with Crippen LogP contribution in [0, 0.1) is 6.92 Å². The number of pyridine rings is 1. The van der Waals surface area contributed by atoms with Crippen molar-refractivity contribution in [3.05, 3.63) is 44.7 Å². The molecule has 0 radical (unpaired) electrons. The fourth-order valence-corrected chi connectivity index (χ4v) is 5.28. The maximum absolute atomic E-state index is 13.5. The molecular formula is C22H24N4O4S2. The second-order valence-corrected chi connectivity index (χ2v) is 9.59. The maximum Gasteiger partial charge on any atom is 0.303 e. The summed E-state index contributed by atoms with van der Waals surface area (Å²) in [5.74, 6) is -0.619. The molecule has 32 heavy (non-hydrogen) atoms. The molecule has 2 aromatic heterocycles. The Morgan fingerprint density at radius 2 is 2.03 bits per heavy atom. The smallest absolute Gasteiger partial charge is 0.303 e. The lowest BCUT2D eigenvalue weighted by atomic mass is 10.1. The van der Waals surface area contributed by atoms with Gasteiger partial charge in [-0.1, -0.05) is 30.0 Å². The van der Waals surface area contributed by atoms with E-state index in [1.165, 1.54) is 9.30 Å². The number of hydrogen-bond acceptors (Lipinski definition) is 7. The number of carbonyl (C=O) groups excluding carboxylic acids is 1. The number of piperidine rings is 1. The van der Waals surface area contributed by atoms with E-state index in [0.717, 1.165) is 49.7 Å². The van der Waals surface area contributed by atoms with Crippen molar-refractivity contribution >= 4 is 57.7 Å². The minimum Gasteiger partial charge on any atom is -0.481 e. The van der Waals surface area contributed by atoms with Gasteiger partial charge in [0.15, 0.2) is 0 Å². The van der Waals surface area contributed by atoms with E-state index in [-0.39, 0.29) is 24.4 Å². The first-order valence-electron chi connectivity index (χ1n) is 10.6. The summed E-state index contributed by atoms with van der Waals surface area (Å²) in [7, 11) is 0. The normalized spacial score (nSPS) is 18.2. The maximum atomic E-state index is 13.5. The van der Waals surface area contributed by atoms with Crippen molar-refractivity contribution in [2.24, 2.45) is 0 Å². The number of fused-ring (bicyclic) bond motifs is 1. The average molecular weight is 473 g/mol. The van der Waals surface area contributed by atoms with Crippen LogP contribution >= 0.6 is 24.0 Å². The number of thiocarbonyl (C=S) groups is 1. The van der Waals surface area contributed by atoms with Crippen LogP contribution in [0.4, 0.5) is 5.82 Å². The number of amides is 1. The largest absolute Gasteiger partial charge is 0.481 e. The van der Waals surface area contributed by atoms with Crippen LogP contribution in [0.5, 0.6) is 0 Å². The SMILES string of the molecule is Cc1cccn2c(=O)c(/C=C3\SC(=S)N(CCCC(=O)O)C3=O)c(N3CCCCC3)nc12. The predicted molar refractivity (Wildman–Crippen MR) is 129 cm³/mol.